The Balaban J connectivity index is 0.00000261. The summed E-state index contributed by atoms with van der Waals surface area (Å²) >= 11 is 7.68. The molecule has 1 fully saturated rings. The topological polar surface area (TPSA) is 61.4 Å². The summed E-state index contributed by atoms with van der Waals surface area (Å²) in [6.07, 6.45) is 0.247. The number of amides is 2. The Morgan fingerprint density at radius 1 is 1.37 bits per heavy atom. The third kappa shape index (κ3) is 5.69. The molecule has 3 rings (SSSR count). The van der Waals surface area contributed by atoms with Gasteiger partial charge in [-0.1, -0.05) is 29.8 Å². The van der Waals surface area contributed by atoms with E-state index in [9.17, 15) is 9.59 Å². The molecule has 1 aliphatic heterocycles. The number of nitrogens with zero attached hydrogens (tertiary/aromatic N) is 1. The normalized spacial score (nSPS) is 17.7. The van der Waals surface area contributed by atoms with Crippen LogP contribution in [0, 0.1) is 0 Å². The van der Waals surface area contributed by atoms with Gasteiger partial charge >= 0.3 is 0 Å². The number of hydrogen-bond donors (Lipinski definition) is 2. The molecular formula is C19H23Cl2N3O2S. The second-order valence-electron chi connectivity index (χ2n) is 6.33. The Morgan fingerprint density at radius 2 is 2.19 bits per heavy atom. The molecule has 146 valence electrons. The smallest absolute Gasteiger partial charge is 0.225 e. The molecule has 2 unspecified atom stereocenters. The lowest BCUT2D eigenvalue weighted by Gasteiger charge is -2.37. The van der Waals surface area contributed by atoms with Crippen LogP contribution in [0.4, 0.5) is 0 Å². The van der Waals surface area contributed by atoms with Crippen LogP contribution >= 0.6 is 35.3 Å². The van der Waals surface area contributed by atoms with Gasteiger partial charge in [-0.15, -0.1) is 23.7 Å². The highest BCUT2D eigenvalue weighted by atomic mass is 35.5. The van der Waals surface area contributed by atoms with E-state index in [1.807, 2.05) is 46.7 Å². The van der Waals surface area contributed by atoms with Crippen molar-refractivity contribution in [2.45, 2.75) is 25.4 Å². The lowest BCUT2D eigenvalue weighted by Crippen LogP contribution is -2.49. The van der Waals surface area contributed by atoms with Crippen molar-refractivity contribution >= 4 is 47.2 Å². The molecule has 0 radical (unpaired) electrons. The van der Waals surface area contributed by atoms with E-state index in [-0.39, 0.29) is 42.7 Å². The number of hydrogen-bond acceptors (Lipinski definition) is 4. The van der Waals surface area contributed by atoms with Crippen LogP contribution in [0.15, 0.2) is 41.8 Å². The Hall–Kier alpha value is -1.60. The molecule has 0 aliphatic carbocycles. The number of halogens is 2. The lowest BCUT2D eigenvalue weighted by atomic mass is 10.0. The van der Waals surface area contributed by atoms with Crippen LogP contribution in [0.2, 0.25) is 5.02 Å². The number of benzene rings is 1. The highest BCUT2D eigenvalue weighted by molar-refractivity contribution is 7.10. The van der Waals surface area contributed by atoms with Crippen LogP contribution in [0.3, 0.4) is 0 Å². The first-order chi connectivity index (χ1) is 12.5. The fraction of sp³-hybridized carbons (Fsp3) is 0.368. The lowest BCUT2D eigenvalue weighted by molar-refractivity contribution is -0.135. The molecule has 2 aromatic rings. The van der Waals surface area contributed by atoms with Gasteiger partial charge in [0.1, 0.15) is 0 Å². The quantitative estimate of drug-likeness (QED) is 0.766. The molecular weight excluding hydrogens is 405 g/mol. The molecule has 8 heteroatoms. The molecule has 2 heterocycles. The third-order valence-electron chi connectivity index (χ3n) is 4.44. The monoisotopic (exact) mass is 427 g/mol. The average Bonchev–Trinajstić information content (AvgIpc) is 3.15. The van der Waals surface area contributed by atoms with Gasteiger partial charge in [0, 0.05) is 36.5 Å². The third-order valence-corrected chi connectivity index (χ3v) is 5.66. The van der Waals surface area contributed by atoms with Crippen molar-refractivity contribution in [3.63, 3.8) is 0 Å². The molecule has 0 bridgehead atoms. The van der Waals surface area contributed by atoms with E-state index >= 15 is 0 Å². The van der Waals surface area contributed by atoms with Gasteiger partial charge in [-0.2, -0.15) is 0 Å². The maximum Gasteiger partial charge on any atom is 0.225 e. The number of carbonyl (C=O) groups is 2. The van der Waals surface area contributed by atoms with E-state index in [0.717, 1.165) is 17.0 Å². The summed E-state index contributed by atoms with van der Waals surface area (Å²) in [5, 5.41) is 8.86. The van der Waals surface area contributed by atoms with Crippen LogP contribution in [0.1, 0.15) is 35.9 Å². The zero-order valence-electron chi connectivity index (χ0n) is 15.0. The number of thiophene rings is 1. The molecule has 1 aliphatic rings. The summed E-state index contributed by atoms with van der Waals surface area (Å²) < 4.78 is 0. The summed E-state index contributed by atoms with van der Waals surface area (Å²) in [4.78, 5) is 27.5. The zero-order chi connectivity index (χ0) is 18.5. The van der Waals surface area contributed by atoms with E-state index in [1.54, 1.807) is 11.3 Å². The first-order valence-corrected chi connectivity index (χ1v) is 9.86. The highest BCUT2D eigenvalue weighted by Crippen LogP contribution is 2.28. The van der Waals surface area contributed by atoms with Crippen LogP contribution in [0.5, 0.6) is 0 Å². The predicted molar refractivity (Wildman–Crippen MR) is 112 cm³/mol. The average molecular weight is 428 g/mol. The maximum atomic E-state index is 13.1. The zero-order valence-corrected chi connectivity index (χ0v) is 17.4. The summed E-state index contributed by atoms with van der Waals surface area (Å²) in [7, 11) is 0. The maximum absolute atomic E-state index is 13.1. The number of carbonyl (C=O) groups excluding carboxylic acids is 2. The van der Waals surface area contributed by atoms with Crippen LogP contribution in [-0.2, 0) is 9.59 Å². The largest absolute Gasteiger partial charge is 0.348 e. The second-order valence-corrected chi connectivity index (χ2v) is 7.75. The van der Waals surface area contributed by atoms with Crippen LogP contribution < -0.4 is 10.6 Å². The van der Waals surface area contributed by atoms with Crippen molar-refractivity contribution < 1.29 is 9.59 Å². The molecule has 2 N–H and O–H groups in total. The van der Waals surface area contributed by atoms with Gasteiger partial charge in [-0.25, -0.2) is 0 Å². The van der Waals surface area contributed by atoms with Crippen molar-refractivity contribution in [3.8, 4) is 0 Å². The van der Waals surface area contributed by atoms with Crippen molar-refractivity contribution in [1.29, 1.82) is 0 Å². The highest BCUT2D eigenvalue weighted by Gasteiger charge is 2.30. The van der Waals surface area contributed by atoms with Gasteiger partial charge in [-0.3, -0.25) is 9.59 Å². The molecule has 2 amide bonds. The Morgan fingerprint density at radius 3 is 2.85 bits per heavy atom. The summed E-state index contributed by atoms with van der Waals surface area (Å²) in [6.45, 7) is 3.56. The van der Waals surface area contributed by atoms with Crippen molar-refractivity contribution in [2.24, 2.45) is 0 Å². The molecule has 1 aromatic heterocycles. The number of piperazine rings is 1. The van der Waals surface area contributed by atoms with Gasteiger partial charge < -0.3 is 15.5 Å². The summed E-state index contributed by atoms with van der Waals surface area (Å²) in [5.41, 5.74) is 1.02. The minimum atomic E-state index is -0.296. The standard InChI is InChI=1S/C19H22ClN3O2S.ClH/c1-13(24)22-16(18-6-3-9-26-18)11-19(25)23-8-7-21-12-17(23)14-4-2-5-15(20)10-14;/h2-6,9-10,16-17,21H,7-8,11-12H2,1H3,(H,22,24);1H. The molecule has 2 atom stereocenters. The fourth-order valence-electron chi connectivity index (χ4n) is 3.26. The van der Waals surface area contributed by atoms with E-state index in [1.165, 1.54) is 6.92 Å². The van der Waals surface area contributed by atoms with E-state index < -0.39 is 0 Å². The van der Waals surface area contributed by atoms with E-state index in [2.05, 4.69) is 10.6 Å². The van der Waals surface area contributed by atoms with Gasteiger partial charge in [0.15, 0.2) is 0 Å². The predicted octanol–water partition coefficient (Wildman–Crippen LogP) is 3.56. The molecule has 0 spiro atoms. The van der Waals surface area contributed by atoms with Crippen LogP contribution in [0.25, 0.3) is 0 Å². The Bertz CT molecular complexity index is 770. The van der Waals surface area contributed by atoms with Gasteiger partial charge in [0.25, 0.3) is 0 Å². The number of rotatable bonds is 5. The van der Waals surface area contributed by atoms with Gasteiger partial charge in [0.2, 0.25) is 11.8 Å². The van der Waals surface area contributed by atoms with Gasteiger partial charge in [0.05, 0.1) is 18.5 Å². The van der Waals surface area contributed by atoms with Gasteiger partial charge in [-0.05, 0) is 29.1 Å². The summed E-state index contributed by atoms with van der Waals surface area (Å²) in [5.74, 6) is -0.105. The first kappa shape index (κ1) is 21.7. The second kappa shape index (κ2) is 10.1. The van der Waals surface area contributed by atoms with Crippen molar-refractivity contribution in [1.82, 2.24) is 15.5 Å². The van der Waals surface area contributed by atoms with E-state index in [0.29, 0.717) is 18.1 Å². The molecule has 27 heavy (non-hydrogen) atoms. The molecule has 0 saturated carbocycles. The van der Waals surface area contributed by atoms with Crippen molar-refractivity contribution in [2.75, 3.05) is 19.6 Å². The van der Waals surface area contributed by atoms with Crippen LogP contribution in [-0.4, -0.2) is 36.3 Å². The first-order valence-electron chi connectivity index (χ1n) is 8.60. The SMILES string of the molecule is CC(=O)NC(CC(=O)N1CCNCC1c1cccc(Cl)c1)c1cccs1.Cl. The fourth-order valence-corrected chi connectivity index (χ4v) is 4.24. The summed E-state index contributed by atoms with van der Waals surface area (Å²) in [6, 6.07) is 11.2. The van der Waals surface area contributed by atoms with Crippen molar-refractivity contribution in [3.05, 3.63) is 57.2 Å². The molecule has 1 aromatic carbocycles. The van der Waals surface area contributed by atoms with E-state index in [4.69, 9.17) is 11.6 Å². The minimum absolute atomic E-state index is 0. The minimum Gasteiger partial charge on any atom is -0.348 e. The molecule has 1 saturated heterocycles. The molecule has 5 nitrogen and oxygen atoms in total. The Kier molecular flexibility index (Phi) is 8.10. The Labute approximate surface area is 174 Å². The number of nitrogens with one attached hydrogen (secondary N) is 2.